The normalized spacial score (nSPS) is 22.4. The number of aromatic hydroxyl groups is 2. The van der Waals surface area contributed by atoms with Crippen LogP contribution >= 0.6 is 0 Å². The molecular weight excluding hydrogens is 232 g/mol. The number of benzene rings is 1. The molecule has 1 aromatic rings. The van der Waals surface area contributed by atoms with E-state index in [1.807, 2.05) is 0 Å². The molecule has 1 saturated carbocycles. The van der Waals surface area contributed by atoms with Crippen molar-refractivity contribution in [2.45, 2.75) is 25.3 Å². The Morgan fingerprint density at radius 3 is 2.61 bits per heavy atom. The number of carbonyl (C=O) groups is 1. The van der Waals surface area contributed by atoms with E-state index in [9.17, 15) is 15.0 Å². The van der Waals surface area contributed by atoms with Gasteiger partial charge in [0.2, 0.25) is 0 Å². The molecule has 3 N–H and O–H groups in total. The average molecular weight is 246 g/mol. The van der Waals surface area contributed by atoms with E-state index in [2.05, 4.69) is 11.4 Å². The summed E-state index contributed by atoms with van der Waals surface area (Å²) in [5.74, 6) is -1.27. The van der Waals surface area contributed by atoms with Crippen molar-refractivity contribution < 1.29 is 15.0 Å². The summed E-state index contributed by atoms with van der Waals surface area (Å²) in [6.07, 6.45) is 2.42. The molecule has 1 fully saturated rings. The molecule has 0 aromatic heterocycles. The van der Waals surface area contributed by atoms with Crippen LogP contribution in [0, 0.1) is 17.2 Å². The molecule has 1 aromatic carbocycles. The number of carbonyl (C=O) groups excluding carboxylic acids is 1. The highest BCUT2D eigenvalue weighted by molar-refractivity contribution is 5.99. The number of nitrogens with zero attached hydrogens (tertiary/aromatic N) is 1. The Kier molecular flexibility index (Phi) is 3.38. The van der Waals surface area contributed by atoms with Crippen molar-refractivity contribution in [2.75, 3.05) is 0 Å². The third kappa shape index (κ3) is 2.23. The van der Waals surface area contributed by atoms with Gasteiger partial charge in [-0.05, 0) is 31.4 Å². The predicted octanol–water partition coefficient (Wildman–Crippen LogP) is 1.52. The van der Waals surface area contributed by atoms with Crippen LogP contribution in [-0.2, 0) is 0 Å². The fourth-order valence-corrected chi connectivity index (χ4v) is 2.29. The van der Waals surface area contributed by atoms with Gasteiger partial charge in [0.25, 0.3) is 5.91 Å². The summed E-state index contributed by atoms with van der Waals surface area (Å²) in [6, 6.07) is 6.08. The summed E-state index contributed by atoms with van der Waals surface area (Å²) in [6.45, 7) is 0. The van der Waals surface area contributed by atoms with Gasteiger partial charge in [0.15, 0.2) is 0 Å². The van der Waals surface area contributed by atoms with Gasteiger partial charge in [-0.1, -0.05) is 6.07 Å². The highest BCUT2D eigenvalue weighted by atomic mass is 16.3. The van der Waals surface area contributed by atoms with Crippen molar-refractivity contribution in [3.8, 4) is 17.6 Å². The predicted molar refractivity (Wildman–Crippen MR) is 64.0 cm³/mol. The Labute approximate surface area is 105 Å². The first-order valence-corrected chi connectivity index (χ1v) is 5.85. The van der Waals surface area contributed by atoms with Crippen molar-refractivity contribution >= 4 is 5.91 Å². The van der Waals surface area contributed by atoms with E-state index in [4.69, 9.17) is 5.26 Å². The van der Waals surface area contributed by atoms with Crippen molar-refractivity contribution in [3.05, 3.63) is 23.8 Å². The summed E-state index contributed by atoms with van der Waals surface area (Å²) in [4.78, 5) is 12.0. The van der Waals surface area contributed by atoms with E-state index in [0.29, 0.717) is 0 Å². The van der Waals surface area contributed by atoms with E-state index in [1.165, 1.54) is 18.2 Å². The molecule has 1 amide bonds. The standard InChI is InChI=1S/C13H14N2O3/c14-7-8-3-1-4-9(8)15-13(18)12-10(16)5-2-6-11(12)17/h2,5-6,8-9,16-17H,1,3-4H2,(H,15,18). The van der Waals surface area contributed by atoms with Crippen LogP contribution < -0.4 is 5.32 Å². The molecule has 0 bridgehead atoms. The molecule has 1 aliphatic carbocycles. The molecular formula is C13H14N2O3. The molecule has 2 rings (SSSR count). The maximum absolute atomic E-state index is 12.0. The number of nitrogens with one attached hydrogen (secondary N) is 1. The number of phenolic OH excluding ortho intramolecular Hbond substituents is 2. The molecule has 2 unspecified atom stereocenters. The highest BCUT2D eigenvalue weighted by Crippen LogP contribution is 2.29. The maximum Gasteiger partial charge on any atom is 0.259 e. The second kappa shape index (κ2) is 4.96. The van der Waals surface area contributed by atoms with Crippen LogP contribution in [-0.4, -0.2) is 22.2 Å². The molecule has 94 valence electrons. The lowest BCUT2D eigenvalue weighted by Gasteiger charge is -2.16. The fourth-order valence-electron chi connectivity index (χ4n) is 2.29. The van der Waals surface area contributed by atoms with Gasteiger partial charge in [-0.25, -0.2) is 0 Å². The van der Waals surface area contributed by atoms with Crippen molar-refractivity contribution in [3.63, 3.8) is 0 Å². The molecule has 0 radical (unpaired) electrons. The monoisotopic (exact) mass is 246 g/mol. The number of rotatable bonds is 2. The lowest BCUT2D eigenvalue weighted by atomic mass is 10.0. The van der Waals surface area contributed by atoms with E-state index in [1.54, 1.807) is 0 Å². The van der Waals surface area contributed by atoms with Crippen LogP contribution in [0.1, 0.15) is 29.6 Å². The first kappa shape index (κ1) is 12.2. The molecule has 0 aliphatic heterocycles. The van der Waals surface area contributed by atoms with Crippen molar-refractivity contribution in [1.82, 2.24) is 5.32 Å². The Morgan fingerprint density at radius 2 is 2.00 bits per heavy atom. The first-order chi connectivity index (χ1) is 8.63. The second-order valence-electron chi connectivity index (χ2n) is 4.42. The lowest BCUT2D eigenvalue weighted by molar-refractivity contribution is 0.0927. The molecule has 0 saturated heterocycles. The van der Waals surface area contributed by atoms with Gasteiger partial charge < -0.3 is 15.5 Å². The first-order valence-electron chi connectivity index (χ1n) is 5.85. The molecule has 2 atom stereocenters. The van der Waals surface area contributed by atoms with Gasteiger partial charge in [0, 0.05) is 6.04 Å². The zero-order valence-corrected chi connectivity index (χ0v) is 9.76. The number of hydrogen-bond acceptors (Lipinski definition) is 4. The Bertz CT molecular complexity index is 487. The van der Waals surface area contributed by atoms with Crippen molar-refractivity contribution in [2.24, 2.45) is 5.92 Å². The fraction of sp³-hybridized carbons (Fsp3) is 0.385. The van der Waals surface area contributed by atoms with Crippen LogP contribution in [0.25, 0.3) is 0 Å². The quantitative estimate of drug-likeness (QED) is 0.737. The molecule has 5 nitrogen and oxygen atoms in total. The highest BCUT2D eigenvalue weighted by Gasteiger charge is 2.29. The number of nitriles is 1. The average Bonchev–Trinajstić information content (AvgIpc) is 2.76. The van der Waals surface area contributed by atoms with Gasteiger partial charge in [0.05, 0.1) is 12.0 Å². The van der Waals surface area contributed by atoms with Gasteiger partial charge in [-0.15, -0.1) is 0 Å². The minimum absolute atomic E-state index is 0.138. The van der Waals surface area contributed by atoms with E-state index < -0.39 is 5.91 Å². The lowest BCUT2D eigenvalue weighted by Crippen LogP contribution is -2.36. The molecule has 5 heteroatoms. The minimum atomic E-state index is -0.544. The van der Waals surface area contributed by atoms with Crippen LogP contribution in [0.2, 0.25) is 0 Å². The summed E-state index contributed by atoms with van der Waals surface area (Å²) in [5.41, 5.74) is -0.138. The van der Waals surface area contributed by atoms with Gasteiger partial charge >= 0.3 is 0 Å². The molecule has 0 heterocycles. The van der Waals surface area contributed by atoms with Crippen LogP contribution in [0.5, 0.6) is 11.5 Å². The van der Waals surface area contributed by atoms with E-state index in [0.717, 1.165) is 19.3 Å². The third-order valence-corrected chi connectivity index (χ3v) is 3.25. The summed E-state index contributed by atoms with van der Waals surface area (Å²) in [7, 11) is 0. The van der Waals surface area contributed by atoms with Crippen molar-refractivity contribution in [1.29, 1.82) is 5.26 Å². The smallest absolute Gasteiger partial charge is 0.259 e. The van der Waals surface area contributed by atoms with Gasteiger partial charge in [-0.3, -0.25) is 4.79 Å². The van der Waals surface area contributed by atoms with E-state index in [-0.39, 0.29) is 29.0 Å². The topological polar surface area (TPSA) is 93.4 Å². The summed E-state index contributed by atoms with van der Waals surface area (Å²) < 4.78 is 0. The number of amides is 1. The zero-order chi connectivity index (χ0) is 13.1. The molecule has 18 heavy (non-hydrogen) atoms. The van der Waals surface area contributed by atoms with Crippen LogP contribution in [0.4, 0.5) is 0 Å². The maximum atomic E-state index is 12.0. The SMILES string of the molecule is N#CC1CCCC1NC(=O)c1c(O)cccc1O. The largest absolute Gasteiger partial charge is 0.507 e. The van der Waals surface area contributed by atoms with Crippen LogP contribution in [0.3, 0.4) is 0 Å². The minimum Gasteiger partial charge on any atom is -0.507 e. The van der Waals surface area contributed by atoms with E-state index >= 15 is 0 Å². The van der Waals surface area contributed by atoms with Gasteiger partial charge in [-0.2, -0.15) is 5.26 Å². The third-order valence-electron chi connectivity index (χ3n) is 3.25. The molecule has 1 aliphatic rings. The van der Waals surface area contributed by atoms with Gasteiger partial charge in [0.1, 0.15) is 17.1 Å². The number of phenols is 2. The Morgan fingerprint density at radius 1 is 1.33 bits per heavy atom. The molecule has 0 spiro atoms. The second-order valence-corrected chi connectivity index (χ2v) is 4.42. The Balaban J connectivity index is 2.16. The summed E-state index contributed by atoms with van der Waals surface area (Å²) in [5, 5.41) is 30.8. The van der Waals surface area contributed by atoms with Crippen LogP contribution in [0.15, 0.2) is 18.2 Å². The Hall–Kier alpha value is -2.22. The number of hydrogen-bond donors (Lipinski definition) is 3. The summed E-state index contributed by atoms with van der Waals surface area (Å²) >= 11 is 0. The zero-order valence-electron chi connectivity index (χ0n) is 9.76.